The van der Waals surface area contributed by atoms with Gasteiger partial charge in [0.25, 0.3) is 0 Å². The zero-order valence-electron chi connectivity index (χ0n) is 13.1. The van der Waals surface area contributed by atoms with Crippen LogP contribution in [-0.4, -0.2) is 36.9 Å². The van der Waals surface area contributed by atoms with Gasteiger partial charge in [-0.25, -0.2) is 4.79 Å². The summed E-state index contributed by atoms with van der Waals surface area (Å²) in [6, 6.07) is 0. The fraction of sp³-hybridized carbons (Fsp3) is 0.750. The van der Waals surface area contributed by atoms with E-state index in [-0.39, 0.29) is 35.9 Å². The third-order valence-corrected chi connectivity index (χ3v) is 5.17. The third kappa shape index (κ3) is 2.59. The molecule has 1 saturated carbocycles. The van der Waals surface area contributed by atoms with Crippen LogP contribution in [0.15, 0.2) is 11.1 Å². The summed E-state index contributed by atoms with van der Waals surface area (Å²) >= 11 is 0. The predicted molar refractivity (Wildman–Crippen MR) is 76.3 cm³/mol. The van der Waals surface area contributed by atoms with Gasteiger partial charge < -0.3 is 14.6 Å². The molecule has 1 aliphatic heterocycles. The molecular weight excluding hydrogens is 272 g/mol. The van der Waals surface area contributed by atoms with Gasteiger partial charge in [-0.3, -0.25) is 4.79 Å². The fourth-order valence-corrected chi connectivity index (χ4v) is 3.83. The molecule has 21 heavy (non-hydrogen) atoms. The lowest BCUT2D eigenvalue weighted by molar-refractivity contribution is -0.144. The number of carbonyl (C=O) groups is 2. The predicted octanol–water partition coefficient (Wildman–Crippen LogP) is 1.84. The minimum absolute atomic E-state index is 0.0370. The van der Waals surface area contributed by atoms with Crippen LogP contribution in [0.2, 0.25) is 0 Å². The largest absolute Gasteiger partial charge is 0.466 e. The number of fused-ring (bicyclic) bond motifs is 1. The van der Waals surface area contributed by atoms with Gasteiger partial charge in [-0.2, -0.15) is 0 Å². The van der Waals surface area contributed by atoms with E-state index in [1.54, 1.807) is 6.92 Å². The minimum atomic E-state index is -0.398. The van der Waals surface area contributed by atoms with Crippen molar-refractivity contribution in [3.63, 3.8) is 0 Å². The molecule has 118 valence electrons. The fourth-order valence-electron chi connectivity index (χ4n) is 3.83. The summed E-state index contributed by atoms with van der Waals surface area (Å²) in [6.07, 6.45) is 1.88. The minimum Gasteiger partial charge on any atom is -0.466 e. The maximum Gasteiger partial charge on any atom is 0.333 e. The van der Waals surface area contributed by atoms with E-state index >= 15 is 0 Å². The molecule has 0 aromatic rings. The Morgan fingerprint density at radius 1 is 1.52 bits per heavy atom. The Kier molecular flexibility index (Phi) is 4.42. The van der Waals surface area contributed by atoms with Crippen LogP contribution in [0.3, 0.4) is 0 Å². The number of methoxy groups -OCH3 is 1. The monoisotopic (exact) mass is 296 g/mol. The van der Waals surface area contributed by atoms with Crippen molar-refractivity contribution >= 4 is 11.9 Å². The van der Waals surface area contributed by atoms with Crippen LogP contribution >= 0.6 is 0 Å². The van der Waals surface area contributed by atoms with Crippen LogP contribution in [0.5, 0.6) is 0 Å². The lowest BCUT2D eigenvalue weighted by atomic mass is 9.62. The average Bonchev–Trinajstić information content (AvgIpc) is 2.72. The summed E-state index contributed by atoms with van der Waals surface area (Å²) in [6.45, 7) is 5.66. The molecule has 0 amide bonds. The topological polar surface area (TPSA) is 72.8 Å². The van der Waals surface area contributed by atoms with Gasteiger partial charge >= 0.3 is 11.9 Å². The van der Waals surface area contributed by atoms with Crippen molar-refractivity contribution in [3.05, 3.63) is 11.1 Å². The molecule has 2 aliphatic rings. The third-order valence-electron chi connectivity index (χ3n) is 5.17. The van der Waals surface area contributed by atoms with Gasteiger partial charge in [0.05, 0.1) is 13.0 Å². The van der Waals surface area contributed by atoms with Crippen LogP contribution in [0.25, 0.3) is 0 Å². The lowest BCUT2D eigenvalue weighted by Crippen LogP contribution is -2.40. The van der Waals surface area contributed by atoms with Gasteiger partial charge in [-0.1, -0.05) is 13.8 Å². The molecule has 1 heterocycles. The highest BCUT2D eigenvalue weighted by Crippen LogP contribution is 2.52. The summed E-state index contributed by atoms with van der Waals surface area (Å²) in [7, 11) is 1.35. The first-order valence-electron chi connectivity index (χ1n) is 7.46. The van der Waals surface area contributed by atoms with Gasteiger partial charge in [0, 0.05) is 18.1 Å². The standard InChI is InChI=1S/C16H24O5/c1-9-11-5-6-16(3,7-8-17)12(10(2)14(18)20-4)13(11)21-15(9)19/h9,11,13,17H,5-8H2,1-4H3/b12-10-/t9-,11-,13-,16-/m0/s1. The molecule has 5 heteroatoms. The zero-order valence-corrected chi connectivity index (χ0v) is 13.1. The number of rotatable bonds is 3. The summed E-state index contributed by atoms with van der Waals surface area (Å²) in [5.41, 5.74) is 1.00. The number of carbonyl (C=O) groups excluding carboxylic acids is 2. The molecule has 5 nitrogen and oxygen atoms in total. The Balaban J connectivity index is 2.49. The smallest absolute Gasteiger partial charge is 0.333 e. The maximum absolute atomic E-state index is 12.0. The average molecular weight is 296 g/mol. The Morgan fingerprint density at radius 3 is 2.76 bits per heavy atom. The van der Waals surface area contributed by atoms with Crippen LogP contribution in [0.4, 0.5) is 0 Å². The number of aliphatic hydroxyl groups excluding tert-OH is 1. The summed E-state index contributed by atoms with van der Waals surface area (Å²) in [5.74, 6) is -0.633. The number of ether oxygens (including phenoxy) is 2. The van der Waals surface area contributed by atoms with Crippen molar-refractivity contribution < 1.29 is 24.2 Å². The van der Waals surface area contributed by atoms with E-state index in [0.29, 0.717) is 12.0 Å². The molecule has 4 atom stereocenters. The molecule has 0 radical (unpaired) electrons. The molecule has 0 spiro atoms. The SMILES string of the molecule is COC(=O)/C(C)=C1/[C@H]2OC(=O)[C@@H](C)[C@@H]2CC[C@@]1(C)CCO. The molecule has 0 unspecified atom stereocenters. The van der Waals surface area contributed by atoms with E-state index in [1.807, 2.05) is 13.8 Å². The second-order valence-corrected chi connectivity index (χ2v) is 6.41. The normalized spacial score (nSPS) is 37.8. The first kappa shape index (κ1) is 16.0. The lowest BCUT2D eigenvalue weighted by Gasteiger charge is -2.42. The molecule has 2 rings (SSSR count). The molecule has 1 saturated heterocycles. The molecule has 0 aromatic heterocycles. The van der Waals surface area contributed by atoms with E-state index in [2.05, 4.69) is 0 Å². The van der Waals surface area contributed by atoms with E-state index < -0.39 is 5.97 Å². The quantitative estimate of drug-likeness (QED) is 0.635. The number of esters is 2. The number of aliphatic hydroxyl groups is 1. The van der Waals surface area contributed by atoms with E-state index in [4.69, 9.17) is 9.47 Å². The molecule has 0 bridgehead atoms. The van der Waals surface area contributed by atoms with Crippen molar-refractivity contribution in [1.29, 1.82) is 0 Å². The molecule has 1 aliphatic carbocycles. The molecule has 2 fully saturated rings. The molecule has 1 N–H and O–H groups in total. The van der Waals surface area contributed by atoms with Gasteiger partial charge in [-0.05, 0) is 37.2 Å². The van der Waals surface area contributed by atoms with Crippen LogP contribution in [0, 0.1) is 17.3 Å². The Bertz CT molecular complexity index is 481. The van der Waals surface area contributed by atoms with Crippen LogP contribution in [-0.2, 0) is 19.1 Å². The van der Waals surface area contributed by atoms with Crippen molar-refractivity contribution in [1.82, 2.24) is 0 Å². The van der Waals surface area contributed by atoms with Gasteiger partial charge in [0.15, 0.2) is 0 Å². The van der Waals surface area contributed by atoms with Gasteiger partial charge in [-0.15, -0.1) is 0 Å². The highest BCUT2D eigenvalue weighted by molar-refractivity contribution is 5.89. The zero-order chi connectivity index (χ0) is 15.8. The summed E-state index contributed by atoms with van der Waals surface area (Å²) in [5, 5.41) is 9.38. The van der Waals surface area contributed by atoms with Crippen LogP contribution < -0.4 is 0 Å². The molecule has 0 aromatic carbocycles. The number of hydrogen-bond donors (Lipinski definition) is 1. The number of hydrogen-bond acceptors (Lipinski definition) is 5. The van der Waals surface area contributed by atoms with Gasteiger partial charge in [0.1, 0.15) is 6.10 Å². The highest BCUT2D eigenvalue weighted by Gasteiger charge is 2.52. The first-order chi connectivity index (χ1) is 9.85. The van der Waals surface area contributed by atoms with E-state index in [9.17, 15) is 14.7 Å². The van der Waals surface area contributed by atoms with Crippen molar-refractivity contribution in [2.45, 2.75) is 46.1 Å². The van der Waals surface area contributed by atoms with Crippen molar-refractivity contribution in [2.75, 3.05) is 13.7 Å². The van der Waals surface area contributed by atoms with Crippen molar-refractivity contribution in [2.24, 2.45) is 17.3 Å². The first-order valence-corrected chi connectivity index (χ1v) is 7.46. The second kappa shape index (κ2) is 5.79. The van der Waals surface area contributed by atoms with Crippen LogP contribution in [0.1, 0.15) is 40.0 Å². The summed E-state index contributed by atoms with van der Waals surface area (Å²) < 4.78 is 10.4. The Labute approximate surface area is 125 Å². The Morgan fingerprint density at radius 2 is 2.19 bits per heavy atom. The second-order valence-electron chi connectivity index (χ2n) is 6.41. The highest BCUT2D eigenvalue weighted by atomic mass is 16.6. The van der Waals surface area contributed by atoms with Gasteiger partial charge in [0.2, 0.25) is 0 Å². The summed E-state index contributed by atoms with van der Waals surface area (Å²) in [4.78, 5) is 23.9. The maximum atomic E-state index is 12.0. The van der Waals surface area contributed by atoms with Crippen molar-refractivity contribution in [3.8, 4) is 0 Å². The van der Waals surface area contributed by atoms with E-state index in [1.165, 1.54) is 7.11 Å². The van der Waals surface area contributed by atoms with E-state index in [0.717, 1.165) is 18.4 Å². The Hall–Kier alpha value is -1.36. The molecular formula is C16H24O5.